The maximum atomic E-state index is 12.2. The van der Waals surface area contributed by atoms with Crippen LogP contribution in [-0.4, -0.2) is 28.3 Å². The Bertz CT molecular complexity index is 925. The van der Waals surface area contributed by atoms with Crippen molar-refractivity contribution in [1.82, 2.24) is 10.4 Å². The molecule has 0 spiro atoms. The molecule has 0 aliphatic carbocycles. The van der Waals surface area contributed by atoms with Crippen LogP contribution in [0.3, 0.4) is 0 Å². The van der Waals surface area contributed by atoms with Gasteiger partial charge in [-0.15, -0.1) is 0 Å². The van der Waals surface area contributed by atoms with Crippen molar-refractivity contribution in [2.24, 2.45) is 5.10 Å². The molecule has 0 aliphatic rings. The van der Waals surface area contributed by atoms with Crippen molar-refractivity contribution in [2.45, 2.75) is 26.8 Å². The number of hydrogen-bond acceptors (Lipinski definition) is 6. The summed E-state index contributed by atoms with van der Waals surface area (Å²) in [5.41, 5.74) is 5.77. The summed E-state index contributed by atoms with van der Waals surface area (Å²) in [6, 6.07) is 11.0. The van der Waals surface area contributed by atoms with Gasteiger partial charge in [-0.1, -0.05) is 23.5 Å². The lowest BCUT2D eigenvalue weighted by molar-refractivity contribution is -0.121. The Balaban J connectivity index is 1.60. The number of amides is 1. The third-order valence-electron chi connectivity index (χ3n) is 3.93. The van der Waals surface area contributed by atoms with E-state index in [9.17, 15) is 9.90 Å². The minimum atomic E-state index is -0.476. The number of aromatic hydroxyl groups is 1. The second-order valence-electron chi connectivity index (χ2n) is 6.09. The van der Waals surface area contributed by atoms with Crippen LogP contribution in [0.5, 0.6) is 5.75 Å². The van der Waals surface area contributed by atoms with Gasteiger partial charge in [0.2, 0.25) is 0 Å². The Morgan fingerprint density at radius 2 is 1.96 bits per heavy atom. The molecule has 0 bridgehead atoms. The molecule has 26 heavy (non-hydrogen) atoms. The Morgan fingerprint density at radius 3 is 2.65 bits per heavy atom. The van der Waals surface area contributed by atoms with Gasteiger partial charge >= 0.3 is 0 Å². The first-order valence-electron chi connectivity index (χ1n) is 8.19. The van der Waals surface area contributed by atoms with E-state index in [1.165, 1.54) is 11.3 Å². The molecule has 3 aromatic rings. The van der Waals surface area contributed by atoms with Crippen molar-refractivity contribution in [3.63, 3.8) is 0 Å². The molecule has 0 radical (unpaired) electrons. The standard InChI is InChI=1S/C19H20N4O2S/c1-11-8-14(9-12(2)17(11)24)10-20-23-18(25)13(3)21-19-22-15-6-4-5-7-16(15)26-19/h4-10,13,24H,1-3H3,(H,21,22)(H,23,25)/b20-10+/t13-/m1/s1. The number of thiazole rings is 1. The van der Waals surface area contributed by atoms with Crippen molar-refractivity contribution in [2.75, 3.05) is 5.32 Å². The fourth-order valence-corrected chi connectivity index (χ4v) is 3.47. The van der Waals surface area contributed by atoms with Gasteiger partial charge in [-0.3, -0.25) is 4.79 Å². The monoisotopic (exact) mass is 368 g/mol. The van der Waals surface area contributed by atoms with Crippen molar-refractivity contribution in [1.29, 1.82) is 0 Å². The van der Waals surface area contributed by atoms with E-state index in [1.807, 2.05) is 38.1 Å². The smallest absolute Gasteiger partial charge is 0.262 e. The molecule has 0 saturated carbocycles. The minimum Gasteiger partial charge on any atom is -0.507 e. The number of fused-ring (bicyclic) bond motifs is 1. The molecule has 0 saturated heterocycles. The zero-order chi connectivity index (χ0) is 18.7. The topological polar surface area (TPSA) is 86.6 Å². The predicted molar refractivity (Wildman–Crippen MR) is 106 cm³/mol. The molecular weight excluding hydrogens is 348 g/mol. The summed E-state index contributed by atoms with van der Waals surface area (Å²) in [5, 5.41) is 17.6. The third kappa shape index (κ3) is 4.00. The number of nitrogens with one attached hydrogen (secondary N) is 2. The molecule has 0 aliphatic heterocycles. The maximum Gasteiger partial charge on any atom is 0.262 e. The predicted octanol–water partition coefficient (Wildman–Crippen LogP) is 3.57. The van der Waals surface area contributed by atoms with Gasteiger partial charge in [-0.25, -0.2) is 10.4 Å². The van der Waals surface area contributed by atoms with Crippen molar-refractivity contribution in [3.8, 4) is 5.75 Å². The first-order valence-corrected chi connectivity index (χ1v) is 9.01. The number of carbonyl (C=O) groups is 1. The molecule has 0 unspecified atom stereocenters. The van der Waals surface area contributed by atoms with E-state index in [2.05, 4.69) is 20.8 Å². The molecule has 6 nitrogen and oxygen atoms in total. The van der Waals surface area contributed by atoms with E-state index in [-0.39, 0.29) is 11.7 Å². The van der Waals surface area contributed by atoms with Crippen molar-refractivity contribution >= 4 is 38.8 Å². The van der Waals surface area contributed by atoms with Gasteiger partial charge in [-0.05, 0) is 61.7 Å². The highest BCUT2D eigenvalue weighted by Crippen LogP contribution is 2.25. The van der Waals surface area contributed by atoms with E-state index in [1.54, 1.807) is 25.3 Å². The molecule has 7 heteroatoms. The second kappa shape index (κ2) is 7.53. The number of rotatable bonds is 5. The van der Waals surface area contributed by atoms with Crippen molar-refractivity contribution in [3.05, 3.63) is 53.1 Å². The Kier molecular flexibility index (Phi) is 5.18. The molecule has 1 heterocycles. The number of phenols is 1. The fourth-order valence-electron chi connectivity index (χ4n) is 2.52. The number of aryl methyl sites for hydroxylation is 2. The average molecular weight is 368 g/mol. The molecule has 3 rings (SSSR count). The van der Waals surface area contributed by atoms with Crippen molar-refractivity contribution < 1.29 is 9.90 Å². The average Bonchev–Trinajstić information content (AvgIpc) is 3.01. The SMILES string of the molecule is Cc1cc(/C=N/NC(=O)[C@@H](C)Nc2nc3ccccc3s2)cc(C)c1O. The lowest BCUT2D eigenvalue weighted by atomic mass is 10.1. The first kappa shape index (κ1) is 17.9. The highest BCUT2D eigenvalue weighted by Gasteiger charge is 2.14. The van der Waals surface area contributed by atoms with Crippen LogP contribution >= 0.6 is 11.3 Å². The van der Waals surface area contributed by atoms with Crippen LogP contribution in [0.4, 0.5) is 5.13 Å². The number of hydrogen-bond donors (Lipinski definition) is 3. The molecule has 134 valence electrons. The number of para-hydroxylation sites is 1. The van der Waals surface area contributed by atoms with Crippen LogP contribution in [0.1, 0.15) is 23.6 Å². The van der Waals surface area contributed by atoms with Crippen LogP contribution in [0.25, 0.3) is 10.2 Å². The summed E-state index contributed by atoms with van der Waals surface area (Å²) in [6.45, 7) is 5.40. The quantitative estimate of drug-likeness (QED) is 0.475. The summed E-state index contributed by atoms with van der Waals surface area (Å²) in [4.78, 5) is 16.6. The maximum absolute atomic E-state index is 12.2. The number of benzene rings is 2. The molecule has 0 fully saturated rings. The van der Waals surface area contributed by atoms with Gasteiger partial charge < -0.3 is 10.4 Å². The number of nitrogens with zero attached hydrogens (tertiary/aromatic N) is 2. The van der Waals surface area contributed by atoms with E-state index in [0.717, 1.165) is 26.9 Å². The van der Waals surface area contributed by atoms with Gasteiger partial charge in [0.1, 0.15) is 11.8 Å². The normalized spacial score (nSPS) is 12.4. The molecule has 1 aromatic heterocycles. The van der Waals surface area contributed by atoms with Gasteiger partial charge in [-0.2, -0.15) is 5.10 Å². The number of hydrazone groups is 1. The van der Waals surface area contributed by atoms with Crippen LogP contribution < -0.4 is 10.7 Å². The largest absolute Gasteiger partial charge is 0.507 e. The zero-order valence-electron chi connectivity index (χ0n) is 14.8. The van der Waals surface area contributed by atoms with Gasteiger partial charge in [0.05, 0.1) is 16.4 Å². The van der Waals surface area contributed by atoms with Crippen LogP contribution in [0.15, 0.2) is 41.5 Å². The first-order chi connectivity index (χ1) is 12.4. The summed E-state index contributed by atoms with van der Waals surface area (Å²) < 4.78 is 1.07. The number of aromatic nitrogens is 1. The number of phenolic OH excluding ortho intramolecular Hbond substituents is 1. The molecule has 3 N–H and O–H groups in total. The van der Waals surface area contributed by atoms with Crippen LogP contribution in [-0.2, 0) is 4.79 Å². The van der Waals surface area contributed by atoms with Gasteiger partial charge in [0.25, 0.3) is 5.91 Å². The fraction of sp³-hybridized carbons (Fsp3) is 0.211. The Labute approximate surface area is 155 Å². The number of carbonyl (C=O) groups excluding carboxylic acids is 1. The van der Waals surface area contributed by atoms with Gasteiger partial charge in [0, 0.05) is 0 Å². The summed E-state index contributed by atoms with van der Waals surface area (Å²) in [6.07, 6.45) is 1.56. The van der Waals surface area contributed by atoms with Crippen LogP contribution in [0, 0.1) is 13.8 Å². The summed E-state index contributed by atoms with van der Waals surface area (Å²) in [7, 11) is 0. The highest BCUT2D eigenvalue weighted by molar-refractivity contribution is 7.22. The minimum absolute atomic E-state index is 0.257. The summed E-state index contributed by atoms with van der Waals surface area (Å²) in [5.74, 6) is 0.0209. The molecule has 1 atom stereocenters. The van der Waals surface area contributed by atoms with E-state index in [4.69, 9.17) is 0 Å². The number of anilines is 1. The van der Waals surface area contributed by atoms with E-state index < -0.39 is 6.04 Å². The molecule has 1 amide bonds. The second-order valence-corrected chi connectivity index (χ2v) is 7.12. The third-order valence-corrected chi connectivity index (χ3v) is 4.90. The molecular formula is C19H20N4O2S. The molecule has 2 aromatic carbocycles. The van der Waals surface area contributed by atoms with E-state index in [0.29, 0.717) is 5.13 Å². The highest BCUT2D eigenvalue weighted by atomic mass is 32.1. The summed E-state index contributed by atoms with van der Waals surface area (Å²) >= 11 is 1.50. The van der Waals surface area contributed by atoms with Crippen LogP contribution in [0.2, 0.25) is 0 Å². The lowest BCUT2D eigenvalue weighted by Gasteiger charge is -2.10. The zero-order valence-corrected chi connectivity index (χ0v) is 15.6. The van der Waals surface area contributed by atoms with Gasteiger partial charge in [0.15, 0.2) is 5.13 Å². The Hall–Kier alpha value is -2.93. The van der Waals surface area contributed by atoms with E-state index >= 15 is 0 Å². The Morgan fingerprint density at radius 1 is 1.27 bits per heavy atom. The lowest BCUT2D eigenvalue weighted by Crippen LogP contribution is -2.34.